The first-order valence-electron chi connectivity index (χ1n) is 12.8. The second kappa shape index (κ2) is 14.5. The Morgan fingerprint density at radius 2 is 1.35 bits per heavy atom. The number of aromatic nitrogens is 4. The van der Waals surface area contributed by atoms with Gasteiger partial charge in [-0.15, -0.1) is 0 Å². The van der Waals surface area contributed by atoms with Gasteiger partial charge in [-0.2, -0.15) is 17.9 Å². The highest BCUT2D eigenvalue weighted by atomic mass is 31.3. The van der Waals surface area contributed by atoms with Gasteiger partial charge in [0.1, 0.15) is 36.5 Å². The fourth-order valence-corrected chi connectivity index (χ4v) is 9.16. The summed E-state index contributed by atoms with van der Waals surface area (Å²) in [6.07, 6.45) is -9.25. The number of aliphatic hydroxyl groups excluding tert-OH is 3. The molecule has 270 valence electrons. The molecule has 26 nitrogen and oxygen atoms in total. The number of hydrogen-bond acceptors (Lipinski definition) is 19. The van der Waals surface area contributed by atoms with E-state index in [1.54, 1.807) is 0 Å². The number of nitrogens with one attached hydrogen (secondary N) is 1. The molecule has 0 spiro atoms. The van der Waals surface area contributed by atoms with Crippen LogP contribution in [0.4, 0.5) is 5.82 Å². The Labute approximate surface area is 265 Å². The van der Waals surface area contributed by atoms with E-state index < -0.39 is 104 Å². The van der Waals surface area contributed by atoms with Gasteiger partial charge in [0, 0.05) is 24.9 Å². The van der Waals surface area contributed by atoms with Crippen molar-refractivity contribution in [3.63, 3.8) is 0 Å². The smallest absolute Gasteiger partial charge is 0.390 e. The van der Waals surface area contributed by atoms with Crippen LogP contribution in [0.2, 0.25) is 0 Å². The van der Waals surface area contributed by atoms with Gasteiger partial charge in [-0.1, -0.05) is 0 Å². The lowest BCUT2D eigenvalue weighted by Gasteiger charge is -2.21. The van der Waals surface area contributed by atoms with Gasteiger partial charge in [0.2, 0.25) is 0 Å². The van der Waals surface area contributed by atoms with E-state index in [-0.39, 0.29) is 12.2 Å². The van der Waals surface area contributed by atoms with E-state index in [9.17, 15) is 67.5 Å². The number of nitrogens with zero attached hydrogens (tertiary/aromatic N) is 3. The summed E-state index contributed by atoms with van der Waals surface area (Å²) in [6, 6.07) is 2.13. The van der Waals surface area contributed by atoms with E-state index in [0.29, 0.717) is 4.57 Å². The number of H-pyrrole nitrogens is 1. The SMILES string of the molecule is Nc1ccn([C@H]2CC(O)[C@@H](COP(=O)(O)OP(=O)(O)OP(=O)(O)OP(=O)(O)OC[C@H]3O[C@@H](n4ccc(=O)[nH]c4=O)[C@@H](O)C3O)O2)c(=O)n1. The van der Waals surface area contributed by atoms with Crippen molar-refractivity contribution in [2.45, 2.75) is 49.4 Å². The lowest BCUT2D eigenvalue weighted by molar-refractivity contribution is -0.0542. The molecule has 0 aliphatic carbocycles. The summed E-state index contributed by atoms with van der Waals surface area (Å²) in [4.78, 5) is 79.6. The molecule has 11 atom stereocenters. The van der Waals surface area contributed by atoms with Gasteiger partial charge < -0.3 is 50.1 Å². The summed E-state index contributed by atoms with van der Waals surface area (Å²) in [5.74, 6) is -0.103. The first kappa shape index (κ1) is 38.5. The van der Waals surface area contributed by atoms with E-state index in [0.717, 1.165) is 16.8 Å². The van der Waals surface area contributed by atoms with Gasteiger partial charge in [-0.25, -0.2) is 27.8 Å². The maximum absolute atomic E-state index is 12.2. The van der Waals surface area contributed by atoms with Crippen LogP contribution in [-0.2, 0) is 49.7 Å². The molecule has 2 aromatic rings. The number of nitrogen functional groups attached to an aromatic ring is 1. The monoisotopic (exact) mass is 773 g/mol. The molecule has 4 rings (SSSR count). The van der Waals surface area contributed by atoms with Gasteiger partial charge in [0.25, 0.3) is 5.56 Å². The average Bonchev–Trinajstić information content (AvgIpc) is 3.42. The van der Waals surface area contributed by atoms with E-state index in [1.807, 2.05) is 4.98 Å². The maximum atomic E-state index is 12.2. The largest absolute Gasteiger partial charge is 0.490 e. The minimum absolute atomic E-state index is 0.103. The van der Waals surface area contributed by atoms with Crippen LogP contribution in [0, 0.1) is 0 Å². The molecule has 0 saturated carbocycles. The Bertz CT molecular complexity index is 1870. The zero-order valence-corrected chi connectivity index (χ0v) is 27.1. The molecule has 2 fully saturated rings. The molecule has 0 amide bonds. The summed E-state index contributed by atoms with van der Waals surface area (Å²) < 4.78 is 81.2. The predicted octanol–water partition coefficient (Wildman–Crippen LogP) is -2.87. The highest BCUT2D eigenvalue weighted by Gasteiger charge is 2.49. The van der Waals surface area contributed by atoms with Crippen LogP contribution in [-0.4, -0.2) is 97.7 Å². The van der Waals surface area contributed by atoms with Crippen LogP contribution in [0.5, 0.6) is 0 Å². The quantitative estimate of drug-likeness (QED) is 0.0871. The highest BCUT2D eigenvalue weighted by Crippen LogP contribution is 2.71. The third kappa shape index (κ3) is 9.91. The van der Waals surface area contributed by atoms with Gasteiger partial charge in [-0.05, 0) is 6.07 Å². The first-order chi connectivity index (χ1) is 22.1. The second-order valence-electron chi connectivity index (χ2n) is 9.75. The first-order valence-corrected chi connectivity index (χ1v) is 18.8. The Morgan fingerprint density at radius 3 is 1.92 bits per heavy atom. The molecular formula is C18H27N5O21P4. The number of nitrogens with two attached hydrogens (primary N) is 1. The van der Waals surface area contributed by atoms with Crippen LogP contribution in [0.25, 0.3) is 0 Å². The van der Waals surface area contributed by atoms with Crippen molar-refractivity contribution in [1.29, 1.82) is 0 Å². The van der Waals surface area contributed by atoms with Crippen molar-refractivity contribution in [1.82, 2.24) is 19.1 Å². The molecule has 10 N–H and O–H groups in total. The standard InChI is InChI=1S/C18H27N5O21P4/c19-11-1-3-22(17(28)20-11)13-5-8(24)9(40-13)6-38-45(30,31)42-47(34,35)44-48(36,37)43-46(32,33)39-7-10-14(26)15(27)16(41-10)23-4-2-12(25)21-18(23)29/h1-4,8-10,13-16,24,26-27H,5-7H2,(H,30,31)(H,32,33)(H,34,35)(H,36,37)(H2,19,20,28)(H,21,25,29)/t8?,9-,10-,13-,14?,15+,16-/m1/s1. The summed E-state index contributed by atoms with van der Waals surface area (Å²) >= 11 is 0. The number of rotatable bonds is 14. The van der Waals surface area contributed by atoms with Crippen molar-refractivity contribution >= 4 is 37.1 Å². The lowest BCUT2D eigenvalue weighted by atomic mass is 10.1. The van der Waals surface area contributed by atoms with E-state index >= 15 is 0 Å². The minimum atomic E-state index is -6.19. The molecule has 0 aromatic carbocycles. The molecular weight excluding hydrogens is 746 g/mol. The van der Waals surface area contributed by atoms with Crippen LogP contribution < -0.4 is 22.7 Å². The van der Waals surface area contributed by atoms with Gasteiger partial charge >= 0.3 is 42.7 Å². The van der Waals surface area contributed by atoms with E-state index in [4.69, 9.17) is 15.2 Å². The van der Waals surface area contributed by atoms with Gasteiger partial charge in [-0.3, -0.25) is 28.0 Å². The Kier molecular flexibility index (Phi) is 11.7. The van der Waals surface area contributed by atoms with Crippen molar-refractivity contribution in [3.8, 4) is 0 Å². The van der Waals surface area contributed by atoms with Crippen molar-refractivity contribution < 1.29 is 84.6 Å². The Hall–Kier alpha value is -2.28. The fourth-order valence-electron chi connectivity index (χ4n) is 4.21. The number of aromatic amines is 1. The summed E-state index contributed by atoms with van der Waals surface area (Å²) in [5, 5.41) is 30.5. The molecule has 2 saturated heterocycles. The topological polar surface area (TPSA) is 390 Å². The predicted molar refractivity (Wildman–Crippen MR) is 149 cm³/mol. The van der Waals surface area contributed by atoms with Crippen LogP contribution in [0.1, 0.15) is 18.9 Å². The molecule has 6 unspecified atom stereocenters. The normalized spacial score (nSPS) is 31.0. The summed E-state index contributed by atoms with van der Waals surface area (Å²) in [5.41, 5.74) is 2.68. The number of anilines is 1. The third-order valence-corrected chi connectivity index (χ3v) is 12.2. The number of aliphatic hydroxyl groups is 3. The number of hydrogen-bond donors (Lipinski definition) is 9. The van der Waals surface area contributed by atoms with E-state index in [2.05, 4.69) is 27.0 Å². The number of phosphoric ester groups is 2. The van der Waals surface area contributed by atoms with Gasteiger partial charge in [0.05, 0.1) is 19.3 Å². The lowest BCUT2D eigenvalue weighted by Crippen LogP contribution is -2.37. The van der Waals surface area contributed by atoms with Crippen molar-refractivity contribution in [2.24, 2.45) is 0 Å². The molecule has 48 heavy (non-hydrogen) atoms. The average molecular weight is 773 g/mol. The van der Waals surface area contributed by atoms with Crippen LogP contribution >= 0.6 is 31.3 Å². The Morgan fingerprint density at radius 1 is 0.812 bits per heavy atom. The Balaban J connectivity index is 1.29. The van der Waals surface area contributed by atoms with Crippen molar-refractivity contribution in [2.75, 3.05) is 18.9 Å². The second-order valence-corrected chi connectivity index (χ2v) is 16.0. The number of ether oxygens (including phenoxy) is 2. The molecule has 0 bridgehead atoms. The minimum Gasteiger partial charge on any atom is -0.390 e. The molecule has 2 aliphatic heterocycles. The third-order valence-electron chi connectivity index (χ3n) is 6.25. The van der Waals surface area contributed by atoms with Crippen molar-refractivity contribution in [3.05, 3.63) is 55.8 Å². The van der Waals surface area contributed by atoms with Gasteiger partial charge in [0.15, 0.2) is 6.23 Å². The number of phosphoric acid groups is 4. The molecule has 30 heteroatoms. The van der Waals surface area contributed by atoms with E-state index in [1.165, 1.54) is 12.3 Å². The molecule has 2 aliphatic rings. The molecule has 0 radical (unpaired) electrons. The zero-order chi connectivity index (χ0) is 35.8. The zero-order valence-electron chi connectivity index (χ0n) is 23.5. The molecule has 4 heterocycles. The fraction of sp³-hybridized carbons (Fsp3) is 0.556. The highest BCUT2D eigenvalue weighted by molar-refractivity contribution is 7.69. The summed E-state index contributed by atoms with van der Waals surface area (Å²) in [7, 11) is -23.8. The summed E-state index contributed by atoms with van der Waals surface area (Å²) in [6.45, 7) is -2.20. The molecule has 2 aromatic heterocycles. The van der Waals surface area contributed by atoms with Crippen LogP contribution in [0.15, 0.2) is 38.9 Å². The van der Waals surface area contributed by atoms with Crippen LogP contribution in [0.3, 0.4) is 0 Å². The maximum Gasteiger partial charge on any atom is 0.490 e.